The number of alkyl halides is 3. The number of ether oxygens (including phenoxy) is 1. The molecule has 1 spiro atoms. The number of amides is 1. The molecule has 1 unspecified atom stereocenters. The van der Waals surface area contributed by atoms with Crippen LogP contribution < -0.4 is 10.2 Å². The number of morpholine rings is 1. The minimum Gasteiger partial charge on any atom is -0.481 e. The molecule has 10 heteroatoms. The molecule has 2 aliphatic rings. The number of halogens is 3. The largest absolute Gasteiger partial charge is 0.481 e. The number of aromatic nitrogens is 1. The third kappa shape index (κ3) is 4.81. The van der Waals surface area contributed by atoms with Gasteiger partial charge < -0.3 is 20.1 Å². The van der Waals surface area contributed by atoms with Gasteiger partial charge >= 0.3 is 6.18 Å². The SMILES string of the molecule is CC(=O)O.O=C1COC2(CCN(c3ncccc3C(F)(F)F)C2)CN1. The van der Waals surface area contributed by atoms with Gasteiger partial charge in [-0.2, -0.15) is 13.2 Å². The summed E-state index contributed by atoms with van der Waals surface area (Å²) in [5.41, 5.74) is -1.37. The molecule has 0 saturated carbocycles. The fourth-order valence-corrected chi connectivity index (χ4v) is 2.74. The summed E-state index contributed by atoms with van der Waals surface area (Å²) in [5.74, 6) is -1.12. The van der Waals surface area contributed by atoms with Crippen LogP contribution in [0.25, 0.3) is 0 Å². The van der Waals surface area contributed by atoms with Crippen LogP contribution in [0.3, 0.4) is 0 Å². The van der Waals surface area contributed by atoms with Crippen molar-refractivity contribution >= 4 is 17.7 Å². The van der Waals surface area contributed by atoms with Crippen molar-refractivity contribution in [1.82, 2.24) is 10.3 Å². The average molecular weight is 361 g/mol. The Morgan fingerprint density at radius 3 is 2.72 bits per heavy atom. The lowest BCUT2D eigenvalue weighted by Gasteiger charge is -2.33. The van der Waals surface area contributed by atoms with Gasteiger partial charge in [-0.15, -0.1) is 0 Å². The highest BCUT2D eigenvalue weighted by molar-refractivity contribution is 5.78. The Balaban J connectivity index is 0.000000511. The Labute approximate surface area is 141 Å². The van der Waals surface area contributed by atoms with Gasteiger partial charge in [-0.25, -0.2) is 4.98 Å². The molecule has 1 aromatic rings. The van der Waals surface area contributed by atoms with Crippen molar-refractivity contribution in [2.24, 2.45) is 0 Å². The number of hydrogen-bond donors (Lipinski definition) is 2. The van der Waals surface area contributed by atoms with Crippen molar-refractivity contribution in [3.63, 3.8) is 0 Å². The standard InChI is InChI=1S/C13H14F3N3O2.C2H4O2/c14-13(15,16)9-2-1-4-17-11(9)19-5-3-12(8-19)7-18-10(20)6-21-12;1-2(3)4/h1-2,4H,3,5-8H2,(H,18,20);1H3,(H,3,4). The van der Waals surface area contributed by atoms with Gasteiger partial charge in [0.05, 0.1) is 12.1 Å². The van der Waals surface area contributed by atoms with E-state index in [4.69, 9.17) is 14.6 Å². The topological polar surface area (TPSA) is 91.8 Å². The number of nitrogens with one attached hydrogen (secondary N) is 1. The molecule has 2 fully saturated rings. The molecule has 0 aliphatic carbocycles. The first-order valence-corrected chi connectivity index (χ1v) is 7.50. The van der Waals surface area contributed by atoms with Crippen molar-refractivity contribution < 1.29 is 32.6 Å². The van der Waals surface area contributed by atoms with E-state index in [-0.39, 0.29) is 24.9 Å². The van der Waals surface area contributed by atoms with Crippen LogP contribution in [0.1, 0.15) is 18.9 Å². The molecule has 0 aromatic carbocycles. The highest BCUT2D eigenvalue weighted by atomic mass is 19.4. The van der Waals surface area contributed by atoms with Gasteiger partial charge in [0.25, 0.3) is 5.97 Å². The van der Waals surface area contributed by atoms with E-state index in [0.717, 1.165) is 13.0 Å². The first-order chi connectivity index (χ1) is 11.6. The van der Waals surface area contributed by atoms with Crippen LogP contribution in [0.5, 0.6) is 0 Å². The lowest BCUT2D eigenvalue weighted by Crippen LogP contribution is -2.54. The summed E-state index contributed by atoms with van der Waals surface area (Å²) in [6, 6.07) is 2.30. The normalized spacial score (nSPS) is 23.0. The van der Waals surface area contributed by atoms with Gasteiger partial charge in [-0.05, 0) is 18.6 Å². The second kappa shape index (κ2) is 7.26. The predicted octanol–water partition coefficient (Wildman–Crippen LogP) is 1.29. The first-order valence-electron chi connectivity index (χ1n) is 7.50. The summed E-state index contributed by atoms with van der Waals surface area (Å²) in [4.78, 5) is 25.6. The monoisotopic (exact) mass is 361 g/mol. The minimum atomic E-state index is -4.44. The maximum atomic E-state index is 13.0. The lowest BCUT2D eigenvalue weighted by atomic mass is 10.0. The number of carbonyl (C=O) groups is 2. The third-order valence-electron chi connectivity index (χ3n) is 3.83. The fraction of sp³-hybridized carbons (Fsp3) is 0.533. The summed E-state index contributed by atoms with van der Waals surface area (Å²) < 4.78 is 44.6. The van der Waals surface area contributed by atoms with Gasteiger partial charge in [-0.3, -0.25) is 9.59 Å². The van der Waals surface area contributed by atoms with E-state index in [2.05, 4.69) is 10.3 Å². The molecule has 2 N–H and O–H groups in total. The van der Waals surface area contributed by atoms with Crippen LogP contribution in [-0.4, -0.2) is 53.8 Å². The number of nitrogens with zero attached hydrogens (tertiary/aromatic N) is 2. The highest BCUT2D eigenvalue weighted by Gasteiger charge is 2.45. The lowest BCUT2D eigenvalue weighted by molar-refractivity contribution is -0.141. The zero-order valence-electron chi connectivity index (χ0n) is 13.5. The van der Waals surface area contributed by atoms with Crippen LogP contribution >= 0.6 is 0 Å². The fourth-order valence-electron chi connectivity index (χ4n) is 2.74. The smallest absolute Gasteiger partial charge is 0.419 e. The van der Waals surface area contributed by atoms with E-state index in [1.54, 1.807) is 4.90 Å². The molecule has 3 rings (SSSR count). The Morgan fingerprint density at radius 1 is 1.48 bits per heavy atom. The van der Waals surface area contributed by atoms with Crippen molar-refractivity contribution in [2.75, 3.05) is 31.1 Å². The number of anilines is 1. The number of aliphatic carboxylic acids is 1. The molecule has 1 aromatic heterocycles. The van der Waals surface area contributed by atoms with Crippen LogP contribution in [0, 0.1) is 0 Å². The highest BCUT2D eigenvalue weighted by Crippen LogP contribution is 2.38. The van der Waals surface area contributed by atoms with Crippen LogP contribution in [-0.2, 0) is 20.5 Å². The molecule has 3 heterocycles. The molecule has 0 radical (unpaired) electrons. The van der Waals surface area contributed by atoms with E-state index >= 15 is 0 Å². The van der Waals surface area contributed by atoms with E-state index < -0.39 is 23.3 Å². The number of pyridine rings is 1. The summed E-state index contributed by atoms with van der Waals surface area (Å²) in [6.07, 6.45) is -2.54. The maximum Gasteiger partial charge on any atom is 0.419 e. The quantitative estimate of drug-likeness (QED) is 0.783. The second-order valence-electron chi connectivity index (χ2n) is 5.81. The van der Waals surface area contributed by atoms with Gasteiger partial charge in [0.2, 0.25) is 5.91 Å². The molecule has 1 atom stereocenters. The van der Waals surface area contributed by atoms with Crippen molar-refractivity contribution in [2.45, 2.75) is 25.1 Å². The Kier molecular flexibility index (Phi) is 5.51. The summed E-state index contributed by atoms with van der Waals surface area (Å²) in [6.45, 7) is 2.04. The van der Waals surface area contributed by atoms with Crippen LogP contribution in [0.2, 0.25) is 0 Å². The number of carbonyl (C=O) groups excluding carboxylic acids is 1. The number of carboxylic acid groups (broad SMARTS) is 1. The number of hydrogen-bond acceptors (Lipinski definition) is 5. The Bertz CT molecular complexity index is 637. The molecule has 0 bridgehead atoms. The van der Waals surface area contributed by atoms with Crippen LogP contribution in [0.4, 0.5) is 19.0 Å². The summed E-state index contributed by atoms with van der Waals surface area (Å²) in [5, 5.41) is 10.1. The van der Waals surface area contributed by atoms with Gasteiger partial charge in [0.15, 0.2) is 0 Å². The number of carboxylic acids is 1. The van der Waals surface area contributed by atoms with E-state index in [1.807, 2.05) is 0 Å². The van der Waals surface area contributed by atoms with Crippen molar-refractivity contribution in [3.8, 4) is 0 Å². The first kappa shape index (κ1) is 19.0. The summed E-state index contributed by atoms with van der Waals surface area (Å²) in [7, 11) is 0. The van der Waals surface area contributed by atoms with Crippen LogP contribution in [0.15, 0.2) is 18.3 Å². The molecule has 25 heavy (non-hydrogen) atoms. The van der Waals surface area contributed by atoms with E-state index in [9.17, 15) is 18.0 Å². The molecule has 2 aliphatic heterocycles. The van der Waals surface area contributed by atoms with Gasteiger partial charge in [0, 0.05) is 26.2 Å². The van der Waals surface area contributed by atoms with E-state index in [1.165, 1.54) is 12.3 Å². The minimum absolute atomic E-state index is 0.0534. The third-order valence-corrected chi connectivity index (χ3v) is 3.83. The van der Waals surface area contributed by atoms with Crippen molar-refractivity contribution in [3.05, 3.63) is 23.9 Å². The average Bonchev–Trinajstić information content (AvgIpc) is 2.93. The summed E-state index contributed by atoms with van der Waals surface area (Å²) >= 11 is 0. The van der Waals surface area contributed by atoms with Gasteiger partial charge in [0.1, 0.15) is 18.0 Å². The zero-order valence-corrected chi connectivity index (χ0v) is 13.5. The van der Waals surface area contributed by atoms with E-state index in [0.29, 0.717) is 19.5 Å². The maximum absolute atomic E-state index is 13.0. The molecular weight excluding hydrogens is 343 g/mol. The Hall–Kier alpha value is -2.36. The number of rotatable bonds is 1. The predicted molar refractivity (Wildman–Crippen MR) is 81.1 cm³/mol. The Morgan fingerprint density at radius 2 is 2.16 bits per heavy atom. The molecule has 7 nitrogen and oxygen atoms in total. The molecular formula is C15H18F3N3O4. The van der Waals surface area contributed by atoms with Crippen molar-refractivity contribution in [1.29, 1.82) is 0 Å². The molecule has 138 valence electrons. The molecule has 2 saturated heterocycles. The molecule has 1 amide bonds. The second-order valence-corrected chi connectivity index (χ2v) is 5.81. The van der Waals surface area contributed by atoms with Gasteiger partial charge in [-0.1, -0.05) is 0 Å². The zero-order chi connectivity index (χ0) is 18.7.